The Bertz CT molecular complexity index is 539. The number of hydrogen-bond donors (Lipinski definition) is 2. The molecule has 1 aromatic heterocycles. The van der Waals surface area contributed by atoms with Crippen LogP contribution in [0.1, 0.15) is 6.92 Å². The van der Waals surface area contributed by atoms with Crippen LogP contribution in [-0.4, -0.2) is 26.1 Å². The summed E-state index contributed by atoms with van der Waals surface area (Å²) in [4.78, 5) is 25.5. The summed E-state index contributed by atoms with van der Waals surface area (Å²) in [6.07, 6.45) is 0. The van der Waals surface area contributed by atoms with E-state index < -0.39 is 16.7 Å². The topological polar surface area (TPSA) is 118 Å². The van der Waals surface area contributed by atoms with E-state index in [4.69, 9.17) is 11.0 Å². The molecular weight excluding hydrogens is 230 g/mol. The first-order valence-electron chi connectivity index (χ1n) is 4.36. The molecule has 1 aromatic rings. The van der Waals surface area contributed by atoms with Crippen molar-refractivity contribution in [2.75, 3.05) is 5.75 Å². The zero-order valence-electron chi connectivity index (χ0n) is 8.85. The average Bonchev–Trinajstić information content (AvgIpc) is 2.22. The molecule has 0 aliphatic heterocycles. The predicted molar refractivity (Wildman–Crippen MR) is 59.0 cm³/mol. The van der Waals surface area contributed by atoms with Crippen molar-refractivity contribution in [1.29, 1.82) is 5.26 Å². The van der Waals surface area contributed by atoms with E-state index in [9.17, 15) is 9.59 Å². The molecule has 1 rings (SSSR count). The summed E-state index contributed by atoms with van der Waals surface area (Å²) >= 11 is 1.14. The summed E-state index contributed by atoms with van der Waals surface area (Å²) < 4.78 is 1.32. The fourth-order valence-corrected chi connectivity index (χ4v) is 1.72. The Balaban J connectivity index is 2.92. The van der Waals surface area contributed by atoms with Crippen molar-refractivity contribution in [2.24, 2.45) is 12.8 Å². The molecule has 0 saturated carbocycles. The van der Waals surface area contributed by atoms with Gasteiger partial charge in [0.15, 0.2) is 5.16 Å². The molecule has 0 saturated heterocycles. The van der Waals surface area contributed by atoms with E-state index in [1.54, 1.807) is 14.0 Å². The molecule has 0 spiro atoms. The van der Waals surface area contributed by atoms with Gasteiger partial charge in [0, 0.05) is 12.8 Å². The largest absolute Gasteiger partial charge is 0.339 e. The lowest BCUT2D eigenvalue weighted by Gasteiger charge is -2.14. The summed E-state index contributed by atoms with van der Waals surface area (Å²) in [6, 6.07) is 1.93. The number of nitrogens with two attached hydrogens (primary N) is 1. The Kier molecular flexibility index (Phi) is 3.51. The second-order valence-corrected chi connectivity index (χ2v) is 4.46. The molecule has 0 aromatic carbocycles. The number of nitrogens with one attached hydrogen (secondary N) is 1. The maximum Gasteiger partial charge on any atom is 0.339 e. The highest BCUT2D eigenvalue weighted by Gasteiger charge is 2.18. The van der Waals surface area contributed by atoms with Crippen LogP contribution in [0.25, 0.3) is 0 Å². The highest BCUT2D eigenvalue weighted by molar-refractivity contribution is 7.99. The van der Waals surface area contributed by atoms with E-state index >= 15 is 0 Å². The number of hydrogen-bond acceptors (Lipinski definition) is 6. The fraction of sp³-hybridized carbons (Fsp3) is 0.500. The maximum atomic E-state index is 11.0. The van der Waals surface area contributed by atoms with Crippen LogP contribution in [0.2, 0.25) is 0 Å². The molecule has 8 heteroatoms. The second kappa shape index (κ2) is 4.51. The van der Waals surface area contributed by atoms with Gasteiger partial charge in [-0.1, -0.05) is 11.8 Å². The van der Waals surface area contributed by atoms with Gasteiger partial charge in [0.1, 0.15) is 5.54 Å². The fourth-order valence-electron chi connectivity index (χ4n) is 0.836. The molecular formula is C8H11N5O2S. The van der Waals surface area contributed by atoms with E-state index in [1.807, 2.05) is 6.07 Å². The molecule has 7 nitrogen and oxygen atoms in total. The van der Waals surface area contributed by atoms with Crippen LogP contribution in [0.5, 0.6) is 0 Å². The van der Waals surface area contributed by atoms with Gasteiger partial charge >= 0.3 is 11.1 Å². The standard InChI is InChI=1S/C8H11N5O2S/c1-8(10,3-9)4-16-7-11-5(14)6(15)12-13(7)2/h4,10H2,1-2H3,(H,12,15). The molecule has 1 unspecified atom stereocenters. The molecule has 3 N–H and O–H groups in total. The summed E-state index contributed by atoms with van der Waals surface area (Å²) in [5.41, 5.74) is 2.99. The number of nitrogens with zero attached hydrogens (tertiary/aromatic N) is 3. The summed E-state index contributed by atoms with van der Waals surface area (Å²) in [5, 5.41) is 11.3. The first-order valence-corrected chi connectivity index (χ1v) is 5.34. The Morgan fingerprint density at radius 2 is 2.31 bits per heavy atom. The van der Waals surface area contributed by atoms with E-state index in [0.29, 0.717) is 5.16 Å². The van der Waals surface area contributed by atoms with Crippen molar-refractivity contribution in [3.8, 4) is 6.07 Å². The maximum absolute atomic E-state index is 11.0. The highest BCUT2D eigenvalue weighted by atomic mass is 32.2. The van der Waals surface area contributed by atoms with Crippen molar-refractivity contribution in [2.45, 2.75) is 17.6 Å². The van der Waals surface area contributed by atoms with E-state index in [0.717, 1.165) is 11.8 Å². The molecule has 0 fully saturated rings. The lowest BCUT2D eigenvalue weighted by atomic mass is 10.1. The normalized spacial score (nSPS) is 14.1. The Hall–Kier alpha value is -1.59. The van der Waals surface area contributed by atoms with Crippen LogP contribution >= 0.6 is 11.8 Å². The third-order valence-electron chi connectivity index (χ3n) is 1.70. The van der Waals surface area contributed by atoms with Crippen LogP contribution in [-0.2, 0) is 7.05 Å². The Labute approximate surface area is 95.3 Å². The predicted octanol–water partition coefficient (Wildman–Crippen LogP) is -1.20. The number of rotatable bonds is 3. The molecule has 1 atom stereocenters. The third-order valence-corrected chi connectivity index (χ3v) is 3.07. The molecule has 16 heavy (non-hydrogen) atoms. The number of aromatic amines is 1. The van der Waals surface area contributed by atoms with Gasteiger partial charge in [0.25, 0.3) is 0 Å². The molecule has 0 radical (unpaired) electrons. The molecule has 0 aliphatic rings. The average molecular weight is 241 g/mol. The van der Waals surface area contributed by atoms with Gasteiger partial charge in [-0.25, -0.2) is 0 Å². The van der Waals surface area contributed by atoms with Gasteiger partial charge < -0.3 is 5.73 Å². The van der Waals surface area contributed by atoms with Gasteiger partial charge in [0.05, 0.1) is 6.07 Å². The van der Waals surface area contributed by atoms with E-state index in [-0.39, 0.29) is 5.75 Å². The number of H-pyrrole nitrogens is 1. The zero-order chi connectivity index (χ0) is 12.3. The zero-order valence-corrected chi connectivity index (χ0v) is 9.67. The lowest BCUT2D eigenvalue weighted by molar-refractivity contribution is 0.593. The van der Waals surface area contributed by atoms with Crippen molar-refractivity contribution >= 4 is 11.8 Å². The Morgan fingerprint density at radius 1 is 1.69 bits per heavy atom. The minimum Gasteiger partial charge on any atom is -0.313 e. The van der Waals surface area contributed by atoms with Crippen LogP contribution in [0.3, 0.4) is 0 Å². The molecule has 0 amide bonds. The summed E-state index contributed by atoms with van der Waals surface area (Å²) in [7, 11) is 1.55. The summed E-state index contributed by atoms with van der Waals surface area (Å²) in [5.74, 6) is 0.274. The minimum atomic E-state index is -1.00. The molecule has 86 valence electrons. The number of nitriles is 1. The van der Waals surface area contributed by atoms with Gasteiger partial charge in [-0.2, -0.15) is 10.2 Å². The van der Waals surface area contributed by atoms with Gasteiger partial charge in [0.2, 0.25) is 0 Å². The molecule has 0 bridgehead atoms. The molecule has 1 heterocycles. The number of aromatic nitrogens is 3. The Morgan fingerprint density at radius 3 is 2.88 bits per heavy atom. The van der Waals surface area contributed by atoms with Gasteiger partial charge in [-0.05, 0) is 6.92 Å². The first kappa shape index (κ1) is 12.5. The first-order chi connectivity index (χ1) is 7.35. The van der Waals surface area contributed by atoms with Crippen molar-refractivity contribution < 1.29 is 0 Å². The number of thioether (sulfide) groups is 1. The minimum absolute atomic E-state index is 0.274. The van der Waals surface area contributed by atoms with E-state index in [1.165, 1.54) is 4.68 Å². The number of aryl methyl sites for hydroxylation is 1. The van der Waals surface area contributed by atoms with Gasteiger partial charge in [-0.15, -0.1) is 0 Å². The molecule has 0 aliphatic carbocycles. The van der Waals surface area contributed by atoms with Crippen LogP contribution in [0.15, 0.2) is 14.7 Å². The van der Waals surface area contributed by atoms with Crippen molar-refractivity contribution in [1.82, 2.24) is 14.8 Å². The van der Waals surface area contributed by atoms with Crippen LogP contribution in [0, 0.1) is 11.3 Å². The SMILES string of the molecule is Cn1[nH]c(=O)c(=O)nc1SCC(C)(N)C#N. The third kappa shape index (κ3) is 2.95. The van der Waals surface area contributed by atoms with Crippen molar-refractivity contribution in [3.63, 3.8) is 0 Å². The van der Waals surface area contributed by atoms with Crippen LogP contribution in [0.4, 0.5) is 0 Å². The lowest BCUT2D eigenvalue weighted by Crippen LogP contribution is -2.38. The highest BCUT2D eigenvalue weighted by Crippen LogP contribution is 2.16. The monoisotopic (exact) mass is 241 g/mol. The smallest absolute Gasteiger partial charge is 0.313 e. The summed E-state index contributed by atoms with van der Waals surface area (Å²) in [6.45, 7) is 1.57. The van der Waals surface area contributed by atoms with Gasteiger partial charge in [-0.3, -0.25) is 19.4 Å². The quantitative estimate of drug-likeness (QED) is 0.507. The second-order valence-electron chi connectivity index (χ2n) is 3.52. The van der Waals surface area contributed by atoms with Crippen LogP contribution < -0.4 is 16.9 Å². The van der Waals surface area contributed by atoms with Crippen molar-refractivity contribution in [3.05, 3.63) is 20.7 Å². The van der Waals surface area contributed by atoms with E-state index in [2.05, 4.69) is 10.1 Å².